The van der Waals surface area contributed by atoms with Gasteiger partial charge in [0.1, 0.15) is 0 Å². The number of hydrogen-bond acceptors (Lipinski definition) is 4. The molecule has 7 heteroatoms. The van der Waals surface area contributed by atoms with Crippen LogP contribution in [0.5, 0.6) is 0 Å². The Balaban J connectivity index is 1.75. The number of H-pyrrole nitrogens is 1. The maximum absolute atomic E-state index is 12.1. The summed E-state index contributed by atoms with van der Waals surface area (Å²) in [5.41, 5.74) is 0.887. The fourth-order valence-corrected chi connectivity index (χ4v) is 2.90. The molecule has 1 aromatic heterocycles. The van der Waals surface area contributed by atoms with Gasteiger partial charge in [-0.2, -0.15) is 0 Å². The summed E-state index contributed by atoms with van der Waals surface area (Å²) in [6, 6.07) is 2.27. The van der Waals surface area contributed by atoms with Crippen LogP contribution in [-0.4, -0.2) is 39.2 Å². The van der Waals surface area contributed by atoms with E-state index in [0.717, 1.165) is 5.69 Å². The maximum Gasteiger partial charge on any atom is 0.242 e. The van der Waals surface area contributed by atoms with Crippen LogP contribution in [0.15, 0.2) is 17.2 Å². The minimum Gasteiger partial charge on any atom is -0.380 e. The Labute approximate surface area is 126 Å². The molecule has 0 aromatic carbocycles. The Morgan fingerprint density at radius 1 is 1.43 bits per heavy atom. The van der Waals surface area contributed by atoms with Crippen molar-refractivity contribution >= 4 is 10.0 Å². The van der Waals surface area contributed by atoms with Gasteiger partial charge in [0.25, 0.3) is 0 Å². The molecule has 1 saturated carbocycles. The van der Waals surface area contributed by atoms with E-state index in [1.807, 2.05) is 0 Å². The first-order valence-corrected chi connectivity index (χ1v) is 8.94. The second-order valence-corrected chi connectivity index (χ2v) is 7.65. The van der Waals surface area contributed by atoms with Gasteiger partial charge in [0, 0.05) is 37.6 Å². The standard InChI is InChI=1S/C14H25N3O3S/c1-11(2)10-20-6-5-17-21(18,19)14-7-13(16-9-14)8-15-12-3-4-12/h7,9,11-12,15-17H,3-6,8,10H2,1-2H3. The van der Waals surface area contributed by atoms with Crippen molar-refractivity contribution in [3.8, 4) is 0 Å². The molecule has 0 atom stereocenters. The molecule has 0 saturated heterocycles. The average Bonchev–Trinajstić information content (AvgIpc) is 3.11. The first-order valence-electron chi connectivity index (χ1n) is 7.45. The molecule has 1 fully saturated rings. The zero-order valence-corrected chi connectivity index (χ0v) is 13.5. The Morgan fingerprint density at radius 3 is 2.86 bits per heavy atom. The summed E-state index contributed by atoms with van der Waals surface area (Å²) in [4.78, 5) is 3.28. The van der Waals surface area contributed by atoms with Crippen molar-refractivity contribution < 1.29 is 13.2 Å². The van der Waals surface area contributed by atoms with Crippen molar-refractivity contribution in [2.45, 2.75) is 44.2 Å². The number of aromatic nitrogens is 1. The van der Waals surface area contributed by atoms with Crippen LogP contribution in [-0.2, 0) is 21.3 Å². The van der Waals surface area contributed by atoms with Crippen molar-refractivity contribution in [3.63, 3.8) is 0 Å². The SMILES string of the molecule is CC(C)COCCNS(=O)(=O)c1c[nH]c(CNC2CC2)c1. The van der Waals surface area contributed by atoms with Gasteiger partial charge in [-0.05, 0) is 24.8 Å². The van der Waals surface area contributed by atoms with Gasteiger partial charge in [0.15, 0.2) is 0 Å². The molecule has 0 spiro atoms. The van der Waals surface area contributed by atoms with Crippen LogP contribution in [0.25, 0.3) is 0 Å². The molecule has 0 radical (unpaired) electrons. The summed E-state index contributed by atoms with van der Waals surface area (Å²) in [5.74, 6) is 0.452. The first kappa shape index (κ1) is 16.5. The van der Waals surface area contributed by atoms with Crippen molar-refractivity contribution in [1.29, 1.82) is 0 Å². The van der Waals surface area contributed by atoms with E-state index < -0.39 is 10.0 Å². The van der Waals surface area contributed by atoms with Gasteiger partial charge in [0.2, 0.25) is 10.0 Å². The van der Waals surface area contributed by atoms with Crippen LogP contribution in [0, 0.1) is 5.92 Å². The maximum atomic E-state index is 12.1. The van der Waals surface area contributed by atoms with E-state index in [2.05, 4.69) is 28.9 Å². The van der Waals surface area contributed by atoms with E-state index in [1.54, 1.807) is 6.07 Å². The van der Waals surface area contributed by atoms with Gasteiger partial charge in [-0.15, -0.1) is 0 Å². The monoisotopic (exact) mass is 315 g/mol. The second-order valence-electron chi connectivity index (χ2n) is 5.88. The molecule has 21 heavy (non-hydrogen) atoms. The third-order valence-electron chi connectivity index (χ3n) is 3.17. The van der Waals surface area contributed by atoms with Gasteiger partial charge >= 0.3 is 0 Å². The minimum atomic E-state index is -3.45. The molecule has 1 aliphatic carbocycles. The summed E-state index contributed by atoms with van der Waals surface area (Å²) in [5, 5.41) is 3.34. The fraction of sp³-hybridized carbons (Fsp3) is 0.714. The van der Waals surface area contributed by atoms with Crippen LogP contribution in [0.4, 0.5) is 0 Å². The largest absolute Gasteiger partial charge is 0.380 e. The van der Waals surface area contributed by atoms with Crippen molar-refractivity contribution in [3.05, 3.63) is 18.0 Å². The van der Waals surface area contributed by atoms with E-state index in [1.165, 1.54) is 19.0 Å². The number of hydrogen-bond donors (Lipinski definition) is 3. The predicted molar refractivity (Wildman–Crippen MR) is 81.5 cm³/mol. The van der Waals surface area contributed by atoms with Crippen LogP contribution in [0.3, 0.4) is 0 Å². The lowest BCUT2D eigenvalue weighted by molar-refractivity contribution is 0.114. The molecule has 120 valence electrons. The third-order valence-corrected chi connectivity index (χ3v) is 4.62. The number of sulfonamides is 1. The highest BCUT2D eigenvalue weighted by Gasteiger charge is 2.21. The lowest BCUT2D eigenvalue weighted by Gasteiger charge is -2.07. The van der Waals surface area contributed by atoms with Crippen LogP contribution >= 0.6 is 0 Å². The number of aromatic amines is 1. The fourth-order valence-electron chi connectivity index (χ4n) is 1.87. The van der Waals surface area contributed by atoms with Crippen LogP contribution in [0.1, 0.15) is 32.4 Å². The molecule has 1 heterocycles. The molecule has 3 N–H and O–H groups in total. The summed E-state index contributed by atoms with van der Waals surface area (Å²) in [6.45, 7) is 6.11. The van der Waals surface area contributed by atoms with Crippen LogP contribution < -0.4 is 10.0 Å². The molecular weight excluding hydrogens is 290 g/mol. The Bertz CT molecular complexity index is 535. The molecule has 0 aliphatic heterocycles. The van der Waals surface area contributed by atoms with E-state index in [-0.39, 0.29) is 11.4 Å². The number of rotatable bonds is 10. The van der Waals surface area contributed by atoms with E-state index in [4.69, 9.17) is 4.74 Å². The van der Waals surface area contributed by atoms with Gasteiger partial charge in [-0.1, -0.05) is 13.8 Å². The van der Waals surface area contributed by atoms with Gasteiger partial charge in [-0.3, -0.25) is 0 Å². The smallest absolute Gasteiger partial charge is 0.242 e. The summed E-state index contributed by atoms with van der Waals surface area (Å²) < 4.78 is 32.1. The zero-order chi connectivity index (χ0) is 15.3. The molecule has 6 nitrogen and oxygen atoms in total. The highest BCUT2D eigenvalue weighted by molar-refractivity contribution is 7.89. The molecule has 0 amide bonds. The molecular formula is C14H25N3O3S. The predicted octanol–water partition coefficient (Wildman–Crippen LogP) is 1.22. The van der Waals surface area contributed by atoms with Crippen molar-refractivity contribution in [2.75, 3.05) is 19.8 Å². The quantitative estimate of drug-likeness (QED) is 0.567. The van der Waals surface area contributed by atoms with Gasteiger partial charge < -0.3 is 15.0 Å². The van der Waals surface area contributed by atoms with E-state index in [0.29, 0.717) is 31.7 Å². The third kappa shape index (κ3) is 5.78. The van der Waals surface area contributed by atoms with Gasteiger partial charge in [0.05, 0.1) is 11.5 Å². The first-order chi connectivity index (χ1) is 9.97. The highest BCUT2D eigenvalue weighted by Crippen LogP contribution is 2.19. The Hall–Kier alpha value is -0.890. The normalized spacial score (nSPS) is 15.8. The highest BCUT2D eigenvalue weighted by atomic mass is 32.2. The minimum absolute atomic E-state index is 0.277. The van der Waals surface area contributed by atoms with E-state index in [9.17, 15) is 8.42 Å². The van der Waals surface area contributed by atoms with E-state index >= 15 is 0 Å². The average molecular weight is 315 g/mol. The van der Waals surface area contributed by atoms with Crippen LogP contribution in [0.2, 0.25) is 0 Å². The summed E-state index contributed by atoms with van der Waals surface area (Å²) in [7, 11) is -3.45. The Kier molecular flexibility index (Phi) is 5.80. The topological polar surface area (TPSA) is 83.2 Å². The lowest BCUT2D eigenvalue weighted by atomic mass is 10.2. The van der Waals surface area contributed by atoms with Crippen molar-refractivity contribution in [1.82, 2.24) is 15.0 Å². The molecule has 1 aliphatic rings. The van der Waals surface area contributed by atoms with Gasteiger partial charge in [-0.25, -0.2) is 13.1 Å². The zero-order valence-electron chi connectivity index (χ0n) is 12.7. The van der Waals surface area contributed by atoms with Crippen molar-refractivity contribution in [2.24, 2.45) is 5.92 Å². The molecule has 2 rings (SSSR count). The lowest BCUT2D eigenvalue weighted by Crippen LogP contribution is -2.27. The molecule has 0 bridgehead atoms. The molecule has 1 aromatic rings. The Morgan fingerprint density at radius 2 is 2.19 bits per heavy atom. The number of ether oxygens (including phenoxy) is 1. The number of nitrogens with one attached hydrogen (secondary N) is 3. The second kappa shape index (κ2) is 7.40. The summed E-state index contributed by atoms with van der Waals surface area (Å²) in [6.07, 6.45) is 3.95. The molecule has 0 unspecified atom stereocenters. The summed E-state index contributed by atoms with van der Waals surface area (Å²) >= 11 is 0.